The molecule has 1 aliphatic rings. The summed E-state index contributed by atoms with van der Waals surface area (Å²) in [4.78, 5) is 26.9. The van der Waals surface area contributed by atoms with Crippen molar-refractivity contribution >= 4 is 17.1 Å². The number of carbonyl (C=O) groups is 1. The van der Waals surface area contributed by atoms with Gasteiger partial charge < -0.3 is 15.3 Å². The van der Waals surface area contributed by atoms with E-state index in [-0.39, 0.29) is 14.6 Å². The highest BCUT2D eigenvalue weighted by molar-refractivity contribution is 6.00. The van der Waals surface area contributed by atoms with Crippen molar-refractivity contribution in [3.8, 4) is 5.75 Å². The molecule has 1 saturated heterocycles. The van der Waals surface area contributed by atoms with E-state index in [2.05, 4.69) is 15.4 Å². The van der Waals surface area contributed by atoms with Crippen LogP contribution in [0.3, 0.4) is 0 Å². The van der Waals surface area contributed by atoms with Gasteiger partial charge in [0.15, 0.2) is 19.7 Å². The monoisotopic (exact) mass is 381 g/mol. The Morgan fingerprint density at radius 3 is 3.19 bits per heavy atom. The molecule has 3 N–H and O–H groups in total. The zero-order valence-electron chi connectivity index (χ0n) is 32.3. The molecule has 3 rings (SSSR count). The van der Waals surface area contributed by atoms with E-state index in [1.54, 1.807) is 0 Å². The second kappa shape index (κ2) is 7.86. The number of amides is 1. The number of aromatic amines is 1. The van der Waals surface area contributed by atoms with Crippen LogP contribution in [0.4, 0.5) is 0 Å². The molecule has 9 heteroatoms. The zero-order chi connectivity index (χ0) is 35.3. The summed E-state index contributed by atoms with van der Waals surface area (Å²) in [5.74, 6) is -3.04. The van der Waals surface area contributed by atoms with Gasteiger partial charge in [-0.25, -0.2) is 5.09 Å². The number of aromatic nitrogens is 4. The molecule has 1 atom stereocenters. The molecule has 0 saturated carbocycles. The van der Waals surface area contributed by atoms with E-state index in [4.69, 9.17) is 26.2 Å². The highest BCUT2D eigenvalue weighted by atomic mass is 16.3. The quantitative estimate of drug-likeness (QED) is 0.659. The molecular formula is C17H26N6O3. The van der Waals surface area contributed by atoms with Crippen LogP contribution in [0.5, 0.6) is 5.75 Å². The summed E-state index contributed by atoms with van der Waals surface area (Å²) in [5.41, 5.74) is -4.72. The van der Waals surface area contributed by atoms with Gasteiger partial charge in [-0.1, -0.05) is 11.6 Å². The van der Waals surface area contributed by atoms with Crippen molar-refractivity contribution in [2.45, 2.75) is 45.3 Å². The van der Waals surface area contributed by atoms with Crippen molar-refractivity contribution in [1.82, 2.24) is 30.2 Å². The van der Waals surface area contributed by atoms with Gasteiger partial charge in [0.05, 0.1) is 1.37 Å². The number of fused-ring (bicyclic) bond motifs is 1. The van der Waals surface area contributed by atoms with Crippen LogP contribution in [0.15, 0.2) is 4.79 Å². The summed E-state index contributed by atoms with van der Waals surface area (Å²) in [6.45, 7) is -14.5. The molecule has 0 bridgehead atoms. The van der Waals surface area contributed by atoms with Crippen molar-refractivity contribution in [2.75, 3.05) is 26.0 Å². The Balaban J connectivity index is 2.13. The first kappa shape index (κ1) is 6.05. The lowest BCUT2D eigenvalue weighted by Gasteiger charge is -2.26. The molecule has 2 aromatic heterocycles. The maximum Gasteiger partial charge on any atom is 0.293 e. The van der Waals surface area contributed by atoms with Crippen LogP contribution in [-0.4, -0.2) is 63.4 Å². The zero-order valence-corrected chi connectivity index (χ0v) is 13.3. The first-order valence-electron chi connectivity index (χ1n) is 16.5. The summed E-state index contributed by atoms with van der Waals surface area (Å²) in [6, 6.07) is -2.95. The number of H-pyrrole nitrogens is 1. The Hall–Kier alpha value is -2.42. The van der Waals surface area contributed by atoms with Gasteiger partial charge in [-0.3, -0.25) is 14.2 Å². The summed E-state index contributed by atoms with van der Waals surface area (Å²) in [7, 11) is 0. The third-order valence-corrected chi connectivity index (χ3v) is 3.25. The van der Waals surface area contributed by atoms with E-state index in [0.29, 0.717) is 6.92 Å². The van der Waals surface area contributed by atoms with Crippen LogP contribution in [-0.2, 0) is 0 Å². The van der Waals surface area contributed by atoms with Gasteiger partial charge in [0.1, 0.15) is 5.56 Å². The number of nitrogens with one attached hydrogen (secondary N) is 2. The number of aromatic hydroxyl groups is 1. The molecule has 2 aromatic rings. The van der Waals surface area contributed by atoms with Gasteiger partial charge >= 0.3 is 0 Å². The van der Waals surface area contributed by atoms with Crippen LogP contribution in [0, 0.1) is 0 Å². The van der Waals surface area contributed by atoms with Crippen LogP contribution >= 0.6 is 0 Å². The SMILES string of the molecule is [2H]Oc1c(C(=O)N([2H])C([2H])([2H])CCN2C([2H])([2H])C([2H])([2H])C([2H])([2H])C([2H])([2H])C2([2H])[2H])c(=O)n(C([2H])(C)C([2H])([2H])[2H])c2c1nnn2[2H]. The van der Waals surface area contributed by atoms with Gasteiger partial charge in [-0.15, -0.1) is 5.10 Å². The second-order valence-corrected chi connectivity index (χ2v) is 4.97. The van der Waals surface area contributed by atoms with Gasteiger partial charge in [0, 0.05) is 33.1 Å². The fourth-order valence-electron chi connectivity index (χ4n) is 2.13. The molecule has 0 radical (unpaired) electrons. The molecule has 1 amide bonds. The predicted octanol–water partition coefficient (Wildman–Crippen LogP) is 1.01. The summed E-state index contributed by atoms with van der Waals surface area (Å²) in [6.07, 6.45) is -12.5. The highest BCUT2D eigenvalue weighted by Crippen LogP contribution is 2.24. The molecule has 26 heavy (non-hydrogen) atoms. The minimum Gasteiger partial charge on any atom is -0.505 e. The lowest BCUT2D eigenvalue weighted by molar-refractivity contribution is 0.0946. The summed E-state index contributed by atoms with van der Waals surface area (Å²) < 4.78 is 152. The standard InChI is InChI=1S/C17H26N6O3/c1-11(2)23-15-13(19-21-20-15)14(24)12(17(23)26)16(25)18-7-6-10-22-8-4-3-5-9-22/h11,24H,3-10H2,1-2H3,(H,18,25)(H,19,20,21)/i1D3,3D2,4D2,5D2,7D2,8D2,9D2,11D/hD3. The molecular weight excluding hydrogens is 336 g/mol. The largest absolute Gasteiger partial charge is 0.505 e. The number of hydrogen-bond acceptors (Lipinski definition) is 6. The van der Waals surface area contributed by atoms with E-state index in [1.165, 1.54) is 0 Å². The van der Waals surface area contributed by atoms with Gasteiger partial charge in [-0.2, -0.15) is 0 Å². The molecule has 0 aliphatic carbocycles. The smallest absolute Gasteiger partial charge is 0.293 e. The third kappa shape index (κ3) is 3.57. The molecule has 142 valence electrons. The van der Waals surface area contributed by atoms with Crippen molar-refractivity contribution in [2.24, 2.45) is 0 Å². The number of piperidine rings is 1. The third-order valence-electron chi connectivity index (χ3n) is 3.25. The first-order chi connectivity index (χ1) is 19.9. The number of carbonyl (C=O) groups excluding carboxylic acids is 1. The summed E-state index contributed by atoms with van der Waals surface area (Å²) in [5, 5.41) is 10.6. The van der Waals surface area contributed by atoms with Crippen LogP contribution in [0.25, 0.3) is 11.2 Å². The lowest BCUT2D eigenvalue weighted by Crippen LogP contribution is -2.36. The highest BCUT2D eigenvalue weighted by Gasteiger charge is 2.25. The van der Waals surface area contributed by atoms with E-state index in [1.807, 2.05) is 0 Å². The molecule has 3 heterocycles. The Kier molecular flexibility index (Phi) is 1.83. The number of likely N-dealkylation sites (tertiary alicyclic amines) is 1. The van der Waals surface area contributed by atoms with Crippen molar-refractivity contribution in [3.63, 3.8) is 0 Å². The minimum absolute atomic E-state index is 0.0937. The Bertz CT molecular complexity index is 1530. The minimum atomic E-state index is -3.74. The number of hydrogen-bond donors (Lipinski definition) is 3. The fourth-order valence-corrected chi connectivity index (χ4v) is 2.13. The van der Waals surface area contributed by atoms with Crippen molar-refractivity contribution in [1.29, 1.82) is 1.43 Å². The van der Waals surface area contributed by atoms with Crippen LogP contribution in [0.2, 0.25) is 2.82 Å². The average Bonchev–Trinajstić information content (AvgIpc) is 3.25. The van der Waals surface area contributed by atoms with Crippen LogP contribution in [0.1, 0.15) is 77.6 Å². The number of rotatable bonds is 7. The number of nitrogens with zero attached hydrogens (tertiary/aromatic N) is 4. The molecule has 1 unspecified atom stereocenters. The predicted molar refractivity (Wildman–Crippen MR) is 97.4 cm³/mol. The van der Waals surface area contributed by atoms with E-state index < -0.39 is 104 Å². The van der Waals surface area contributed by atoms with Gasteiger partial charge in [0.25, 0.3) is 12.9 Å². The Morgan fingerprint density at radius 1 is 1.65 bits per heavy atom. The molecule has 1 aliphatic heterocycles. The van der Waals surface area contributed by atoms with Gasteiger partial charge in [0.2, 0.25) is 0 Å². The maximum atomic E-state index is 13.6. The molecule has 0 spiro atoms. The number of pyridine rings is 1. The average molecular weight is 382 g/mol. The fraction of sp³-hybridized carbons (Fsp3) is 0.647. The summed E-state index contributed by atoms with van der Waals surface area (Å²) >= 11 is 0. The topological polar surface area (TPSA) is 116 Å². The normalized spacial score (nSPS) is 39.2. The Morgan fingerprint density at radius 2 is 2.46 bits per heavy atom. The maximum absolute atomic E-state index is 13.6. The lowest BCUT2D eigenvalue weighted by atomic mass is 10.1. The van der Waals surface area contributed by atoms with E-state index in [9.17, 15) is 9.59 Å². The Labute approximate surface area is 178 Å². The van der Waals surface area contributed by atoms with Gasteiger partial charge in [-0.05, 0) is 52.5 Å². The first-order valence-corrected chi connectivity index (χ1v) is 7.19. The molecule has 0 aromatic carbocycles. The second-order valence-electron chi connectivity index (χ2n) is 4.97. The van der Waals surface area contributed by atoms with Crippen LogP contribution < -0.4 is 10.9 Å². The van der Waals surface area contributed by atoms with Crippen molar-refractivity contribution in [3.05, 3.63) is 15.9 Å². The molecule has 1 fully saturated rings. The van der Waals surface area contributed by atoms with Crippen molar-refractivity contribution < 1.29 is 34.7 Å². The van der Waals surface area contributed by atoms with E-state index in [0.717, 1.165) is 0 Å². The molecule has 9 nitrogen and oxygen atoms in total. The van der Waals surface area contributed by atoms with E-state index >= 15 is 0 Å².